The van der Waals surface area contributed by atoms with Gasteiger partial charge in [-0.3, -0.25) is 14.9 Å². The summed E-state index contributed by atoms with van der Waals surface area (Å²) in [5.41, 5.74) is -0.193. The molecule has 0 spiro atoms. The van der Waals surface area contributed by atoms with Crippen LogP contribution in [0.4, 0.5) is 5.69 Å². The first kappa shape index (κ1) is 21.0. The van der Waals surface area contributed by atoms with Gasteiger partial charge in [0.05, 0.1) is 17.6 Å². The number of likely N-dealkylation sites (N-methyl/N-ethyl adjacent to an activating group) is 1. The van der Waals surface area contributed by atoms with Gasteiger partial charge in [-0.05, 0) is 30.3 Å². The zero-order valence-electron chi connectivity index (χ0n) is 15.3. The van der Waals surface area contributed by atoms with E-state index in [-0.39, 0.29) is 39.4 Å². The van der Waals surface area contributed by atoms with Crippen LogP contribution < -0.4 is 9.47 Å². The number of hydrogen-bond acceptors (Lipinski definition) is 7. The smallest absolute Gasteiger partial charge is 0.338 e. The van der Waals surface area contributed by atoms with Crippen LogP contribution in [0.1, 0.15) is 10.4 Å². The van der Waals surface area contributed by atoms with Gasteiger partial charge >= 0.3 is 11.7 Å². The summed E-state index contributed by atoms with van der Waals surface area (Å²) in [6, 6.07) is 8.11. The highest BCUT2D eigenvalue weighted by atomic mass is 35.5. The molecule has 0 aliphatic heterocycles. The second kappa shape index (κ2) is 9.05. The van der Waals surface area contributed by atoms with Gasteiger partial charge in [0.1, 0.15) is 0 Å². The van der Waals surface area contributed by atoms with Crippen molar-refractivity contribution in [3.63, 3.8) is 0 Å². The summed E-state index contributed by atoms with van der Waals surface area (Å²) in [5.74, 6) is -0.834. The molecule has 0 radical (unpaired) electrons. The molecule has 0 aliphatic carbocycles. The highest BCUT2D eigenvalue weighted by Gasteiger charge is 2.19. The van der Waals surface area contributed by atoms with Crippen molar-refractivity contribution in [2.45, 2.75) is 0 Å². The fourth-order valence-corrected chi connectivity index (χ4v) is 2.22. The van der Waals surface area contributed by atoms with Gasteiger partial charge in [-0.1, -0.05) is 11.6 Å². The average Bonchev–Trinajstić information content (AvgIpc) is 2.67. The van der Waals surface area contributed by atoms with Gasteiger partial charge in [0.2, 0.25) is 5.75 Å². The molecule has 2 aromatic rings. The first-order valence-corrected chi connectivity index (χ1v) is 8.28. The van der Waals surface area contributed by atoms with Crippen LogP contribution in [0.5, 0.6) is 17.2 Å². The van der Waals surface area contributed by atoms with Crippen molar-refractivity contribution >= 4 is 29.2 Å². The maximum Gasteiger partial charge on any atom is 0.338 e. The summed E-state index contributed by atoms with van der Waals surface area (Å²) >= 11 is 5.79. The maximum absolute atomic E-state index is 12.1. The predicted molar refractivity (Wildman–Crippen MR) is 100 cm³/mol. The molecular formula is C18H17ClN2O7. The minimum absolute atomic E-state index is 0.0420. The summed E-state index contributed by atoms with van der Waals surface area (Å²) in [7, 11) is 4.44. The third kappa shape index (κ3) is 5.10. The van der Waals surface area contributed by atoms with E-state index in [4.69, 9.17) is 25.8 Å². The van der Waals surface area contributed by atoms with Crippen LogP contribution in [0.15, 0.2) is 36.4 Å². The van der Waals surface area contributed by atoms with Crippen molar-refractivity contribution in [3.8, 4) is 17.2 Å². The molecule has 0 saturated carbocycles. The fourth-order valence-electron chi connectivity index (χ4n) is 2.06. The number of hydrogen-bond donors (Lipinski definition) is 0. The van der Waals surface area contributed by atoms with Crippen molar-refractivity contribution < 1.29 is 28.7 Å². The lowest BCUT2D eigenvalue weighted by Gasteiger charge is -2.13. The summed E-state index contributed by atoms with van der Waals surface area (Å²) in [4.78, 5) is 35.5. The molecule has 0 N–H and O–H groups in total. The lowest BCUT2D eigenvalue weighted by atomic mass is 10.2. The van der Waals surface area contributed by atoms with E-state index in [0.717, 1.165) is 6.07 Å². The Balaban J connectivity index is 2.23. The molecule has 0 unspecified atom stereocenters. The van der Waals surface area contributed by atoms with Crippen molar-refractivity contribution in [3.05, 3.63) is 57.1 Å². The number of methoxy groups -OCH3 is 1. The number of esters is 1. The number of rotatable bonds is 7. The van der Waals surface area contributed by atoms with Crippen LogP contribution >= 0.6 is 11.6 Å². The largest absolute Gasteiger partial charge is 0.493 e. The molecule has 1 amide bonds. The Morgan fingerprint density at radius 1 is 1.11 bits per heavy atom. The van der Waals surface area contributed by atoms with Crippen LogP contribution in [0.3, 0.4) is 0 Å². The minimum Gasteiger partial charge on any atom is -0.493 e. The number of nitrogens with zero attached hydrogens (tertiary/aromatic N) is 2. The Labute approximate surface area is 165 Å². The molecule has 0 aliphatic rings. The van der Waals surface area contributed by atoms with E-state index in [1.165, 1.54) is 42.3 Å². The first-order valence-electron chi connectivity index (χ1n) is 7.90. The van der Waals surface area contributed by atoms with Crippen molar-refractivity contribution in [2.75, 3.05) is 27.8 Å². The van der Waals surface area contributed by atoms with Crippen LogP contribution in [-0.2, 0) is 9.53 Å². The van der Waals surface area contributed by atoms with Crippen molar-refractivity contribution in [1.82, 2.24) is 4.90 Å². The molecule has 0 heterocycles. The summed E-state index contributed by atoms with van der Waals surface area (Å²) in [6.07, 6.45) is 0. The van der Waals surface area contributed by atoms with Crippen LogP contribution in [0, 0.1) is 10.1 Å². The van der Waals surface area contributed by atoms with E-state index in [9.17, 15) is 19.7 Å². The number of benzene rings is 2. The van der Waals surface area contributed by atoms with Crippen LogP contribution in [0.25, 0.3) is 0 Å². The van der Waals surface area contributed by atoms with Crippen LogP contribution in [-0.4, -0.2) is 49.5 Å². The number of amides is 1. The Kier molecular flexibility index (Phi) is 6.78. The molecule has 0 saturated heterocycles. The molecular weight excluding hydrogens is 392 g/mol. The predicted octanol–water partition coefficient (Wildman–Crippen LogP) is 3.29. The molecule has 9 nitrogen and oxygen atoms in total. The molecule has 28 heavy (non-hydrogen) atoms. The molecule has 148 valence electrons. The minimum atomic E-state index is -0.725. The Morgan fingerprint density at radius 3 is 2.39 bits per heavy atom. The summed E-state index contributed by atoms with van der Waals surface area (Å²) in [5, 5.41) is 11.4. The number of halogens is 1. The van der Waals surface area contributed by atoms with Crippen molar-refractivity contribution in [2.24, 2.45) is 0 Å². The van der Waals surface area contributed by atoms with E-state index in [1.54, 1.807) is 14.1 Å². The number of nitro benzene ring substituents is 1. The highest BCUT2D eigenvalue weighted by Crippen LogP contribution is 2.37. The highest BCUT2D eigenvalue weighted by molar-refractivity contribution is 6.30. The third-order valence-electron chi connectivity index (χ3n) is 3.56. The van der Waals surface area contributed by atoms with Crippen LogP contribution in [0.2, 0.25) is 5.02 Å². The van der Waals surface area contributed by atoms with Crippen molar-refractivity contribution in [1.29, 1.82) is 0 Å². The third-order valence-corrected chi connectivity index (χ3v) is 3.80. The maximum atomic E-state index is 12.1. The average molecular weight is 409 g/mol. The number of ether oxygens (including phenoxy) is 3. The molecule has 0 bridgehead atoms. The second-order valence-electron chi connectivity index (χ2n) is 5.70. The number of carbonyl (C=O) groups is 2. The van der Waals surface area contributed by atoms with Gasteiger partial charge in [-0.15, -0.1) is 0 Å². The molecule has 2 rings (SSSR count). The first-order chi connectivity index (χ1) is 13.2. The Hall–Kier alpha value is -3.33. The topological polar surface area (TPSA) is 108 Å². The standard InChI is InChI=1S/C18H17ClN2O7/c1-20(2)17(22)10-27-18(23)11-4-6-15(16(8-11)26-3)28-14-7-5-12(19)9-13(14)21(24)25/h4-9H,10H2,1-3H3. The van der Waals surface area contributed by atoms with E-state index in [1.807, 2.05) is 0 Å². The summed E-state index contributed by atoms with van der Waals surface area (Å²) in [6.45, 7) is -0.399. The quantitative estimate of drug-likeness (QED) is 0.393. The lowest BCUT2D eigenvalue weighted by molar-refractivity contribution is -0.385. The van der Waals surface area contributed by atoms with Gasteiger partial charge in [0.15, 0.2) is 18.1 Å². The van der Waals surface area contributed by atoms with E-state index in [0.29, 0.717) is 0 Å². The molecule has 0 aromatic heterocycles. The number of carbonyl (C=O) groups excluding carboxylic acids is 2. The van der Waals surface area contributed by atoms with E-state index < -0.39 is 17.5 Å². The SMILES string of the molecule is COc1cc(C(=O)OCC(=O)N(C)C)ccc1Oc1ccc(Cl)cc1[N+](=O)[O-]. The van der Waals surface area contributed by atoms with Gasteiger partial charge in [0, 0.05) is 25.2 Å². The van der Waals surface area contributed by atoms with Gasteiger partial charge in [0.25, 0.3) is 5.91 Å². The van der Waals surface area contributed by atoms with Gasteiger partial charge < -0.3 is 19.1 Å². The fraction of sp³-hybridized carbons (Fsp3) is 0.222. The molecule has 2 aromatic carbocycles. The molecule has 0 fully saturated rings. The second-order valence-corrected chi connectivity index (χ2v) is 6.14. The van der Waals surface area contributed by atoms with E-state index in [2.05, 4.69) is 0 Å². The lowest BCUT2D eigenvalue weighted by Crippen LogP contribution is -2.27. The number of nitro groups is 1. The van der Waals surface area contributed by atoms with Gasteiger partial charge in [-0.2, -0.15) is 0 Å². The zero-order chi connectivity index (χ0) is 20.8. The van der Waals surface area contributed by atoms with Gasteiger partial charge in [-0.25, -0.2) is 4.79 Å². The monoisotopic (exact) mass is 408 g/mol. The van der Waals surface area contributed by atoms with E-state index >= 15 is 0 Å². The molecule has 10 heteroatoms. The molecule has 0 atom stereocenters. The zero-order valence-corrected chi connectivity index (χ0v) is 16.1. The normalized spacial score (nSPS) is 10.1. The Morgan fingerprint density at radius 2 is 1.79 bits per heavy atom. The Bertz CT molecular complexity index is 915. The summed E-state index contributed by atoms with van der Waals surface area (Å²) < 4.78 is 15.7.